The summed E-state index contributed by atoms with van der Waals surface area (Å²) in [6.07, 6.45) is 1.59. The van der Waals surface area contributed by atoms with Crippen LogP contribution in [0.5, 0.6) is 0 Å². The molecule has 0 fully saturated rings. The molecule has 5 heteroatoms. The van der Waals surface area contributed by atoms with E-state index in [-0.39, 0.29) is 5.91 Å². The van der Waals surface area contributed by atoms with Gasteiger partial charge >= 0.3 is 0 Å². The number of carbonyl (C=O) groups is 1. The first-order valence-corrected chi connectivity index (χ1v) is 4.34. The summed E-state index contributed by atoms with van der Waals surface area (Å²) < 4.78 is 0. The lowest BCUT2D eigenvalue weighted by Crippen LogP contribution is -2.37. The predicted molar refractivity (Wildman–Crippen MR) is 53.5 cm³/mol. The molecule has 1 aromatic rings. The van der Waals surface area contributed by atoms with E-state index in [0.717, 1.165) is 0 Å². The summed E-state index contributed by atoms with van der Waals surface area (Å²) in [7, 11) is 0. The molecule has 1 heterocycles. The lowest BCUT2D eigenvalue weighted by molar-refractivity contribution is -0.125. The Balaban J connectivity index is 2.53. The highest BCUT2D eigenvalue weighted by Gasteiger charge is 2.24. The first kappa shape index (κ1) is 10.4. The fraction of sp³-hybridized carbons (Fsp3) is 0.444. The highest BCUT2D eigenvalue weighted by molar-refractivity contribution is 5.80. The summed E-state index contributed by atoms with van der Waals surface area (Å²) in [5.41, 5.74) is 4.63. The van der Waals surface area contributed by atoms with Crippen molar-refractivity contribution in [3.63, 3.8) is 0 Å². The van der Waals surface area contributed by atoms with Crippen molar-refractivity contribution in [2.45, 2.75) is 13.8 Å². The van der Waals surface area contributed by atoms with Gasteiger partial charge < -0.3 is 11.1 Å². The molecule has 1 rings (SSSR count). The molecule has 14 heavy (non-hydrogen) atoms. The SMILES string of the molecule is CC(C)(CNc1cccnn1)C(N)=O. The number of nitrogens with one attached hydrogen (secondary N) is 1. The Kier molecular flexibility index (Phi) is 3.01. The minimum Gasteiger partial charge on any atom is -0.369 e. The Labute approximate surface area is 82.7 Å². The predicted octanol–water partition coefficient (Wildman–Crippen LogP) is 0.400. The van der Waals surface area contributed by atoms with Gasteiger partial charge in [0, 0.05) is 12.7 Å². The maximum atomic E-state index is 11.0. The zero-order valence-electron chi connectivity index (χ0n) is 8.32. The molecular formula is C9H14N4O. The normalized spacial score (nSPS) is 11.0. The van der Waals surface area contributed by atoms with Gasteiger partial charge in [-0.3, -0.25) is 4.79 Å². The second-order valence-electron chi connectivity index (χ2n) is 3.71. The van der Waals surface area contributed by atoms with Crippen LogP contribution >= 0.6 is 0 Å². The first-order chi connectivity index (χ1) is 6.52. The van der Waals surface area contributed by atoms with E-state index in [1.165, 1.54) is 0 Å². The van der Waals surface area contributed by atoms with Gasteiger partial charge in [-0.05, 0) is 26.0 Å². The van der Waals surface area contributed by atoms with Crippen LogP contribution in [0, 0.1) is 5.41 Å². The Bertz CT molecular complexity index is 310. The lowest BCUT2D eigenvalue weighted by atomic mass is 9.93. The largest absolute Gasteiger partial charge is 0.369 e. The zero-order chi connectivity index (χ0) is 10.6. The molecule has 1 amide bonds. The molecule has 0 radical (unpaired) electrons. The van der Waals surface area contributed by atoms with Crippen molar-refractivity contribution in [1.29, 1.82) is 0 Å². The van der Waals surface area contributed by atoms with Gasteiger partial charge in [-0.1, -0.05) is 0 Å². The number of carbonyl (C=O) groups excluding carboxylic acids is 1. The number of amides is 1. The molecule has 0 spiro atoms. The highest BCUT2D eigenvalue weighted by atomic mass is 16.1. The molecule has 0 atom stereocenters. The Hall–Kier alpha value is -1.65. The quantitative estimate of drug-likeness (QED) is 0.727. The van der Waals surface area contributed by atoms with Gasteiger partial charge in [0.15, 0.2) is 0 Å². The second-order valence-corrected chi connectivity index (χ2v) is 3.71. The third kappa shape index (κ3) is 2.69. The molecule has 3 N–H and O–H groups in total. The van der Waals surface area contributed by atoms with Crippen LogP contribution in [-0.2, 0) is 4.79 Å². The lowest BCUT2D eigenvalue weighted by Gasteiger charge is -2.20. The van der Waals surface area contributed by atoms with Gasteiger partial charge in [-0.15, -0.1) is 5.10 Å². The smallest absolute Gasteiger partial charge is 0.224 e. The molecule has 5 nitrogen and oxygen atoms in total. The molecule has 0 aliphatic heterocycles. The van der Waals surface area contributed by atoms with Crippen LogP contribution in [0.3, 0.4) is 0 Å². The van der Waals surface area contributed by atoms with Crippen molar-refractivity contribution in [3.05, 3.63) is 18.3 Å². The Morgan fingerprint density at radius 1 is 1.64 bits per heavy atom. The Morgan fingerprint density at radius 3 is 2.86 bits per heavy atom. The second kappa shape index (κ2) is 4.04. The number of nitrogens with two attached hydrogens (primary N) is 1. The summed E-state index contributed by atoms with van der Waals surface area (Å²) in [6.45, 7) is 4.00. The number of anilines is 1. The summed E-state index contributed by atoms with van der Waals surface area (Å²) in [4.78, 5) is 11.0. The molecule has 0 aromatic carbocycles. The van der Waals surface area contributed by atoms with Crippen LogP contribution in [0.2, 0.25) is 0 Å². The minimum absolute atomic E-state index is 0.339. The number of rotatable bonds is 4. The number of hydrogen-bond donors (Lipinski definition) is 2. The summed E-state index contributed by atoms with van der Waals surface area (Å²) in [5, 5.41) is 10.5. The molecule has 0 unspecified atom stereocenters. The average Bonchev–Trinajstić information content (AvgIpc) is 2.16. The van der Waals surface area contributed by atoms with E-state index in [1.807, 2.05) is 0 Å². The van der Waals surface area contributed by atoms with Crippen molar-refractivity contribution < 1.29 is 4.79 Å². The number of nitrogens with zero attached hydrogens (tertiary/aromatic N) is 2. The Morgan fingerprint density at radius 2 is 2.36 bits per heavy atom. The topological polar surface area (TPSA) is 80.9 Å². The molecule has 0 aliphatic rings. The third-order valence-electron chi connectivity index (χ3n) is 1.95. The molecule has 0 aliphatic carbocycles. The summed E-state index contributed by atoms with van der Waals surface area (Å²) >= 11 is 0. The number of aromatic nitrogens is 2. The van der Waals surface area contributed by atoms with Crippen LogP contribution in [0.4, 0.5) is 5.82 Å². The van der Waals surface area contributed by atoms with Gasteiger partial charge in [0.2, 0.25) is 5.91 Å². The van der Waals surface area contributed by atoms with E-state index in [1.54, 1.807) is 32.2 Å². The molecule has 1 aromatic heterocycles. The van der Waals surface area contributed by atoms with Gasteiger partial charge in [0.1, 0.15) is 5.82 Å². The number of hydrogen-bond acceptors (Lipinski definition) is 4. The van der Waals surface area contributed by atoms with Gasteiger partial charge in [0.25, 0.3) is 0 Å². The molecule has 0 saturated heterocycles. The van der Waals surface area contributed by atoms with Crippen LogP contribution in [0.15, 0.2) is 18.3 Å². The summed E-state index contributed by atoms with van der Waals surface area (Å²) in [5.74, 6) is 0.302. The van der Waals surface area contributed by atoms with Crippen molar-refractivity contribution in [2.24, 2.45) is 11.1 Å². The van der Waals surface area contributed by atoms with Crippen LogP contribution in [0.25, 0.3) is 0 Å². The maximum Gasteiger partial charge on any atom is 0.224 e. The van der Waals surface area contributed by atoms with Crippen molar-refractivity contribution in [2.75, 3.05) is 11.9 Å². The molecule has 76 valence electrons. The van der Waals surface area contributed by atoms with Crippen LogP contribution in [0.1, 0.15) is 13.8 Å². The minimum atomic E-state index is -0.586. The van der Waals surface area contributed by atoms with Gasteiger partial charge in [0.05, 0.1) is 5.41 Å². The van der Waals surface area contributed by atoms with Gasteiger partial charge in [-0.2, -0.15) is 5.10 Å². The zero-order valence-corrected chi connectivity index (χ0v) is 8.32. The monoisotopic (exact) mass is 194 g/mol. The fourth-order valence-electron chi connectivity index (χ4n) is 0.794. The van der Waals surface area contributed by atoms with E-state index >= 15 is 0 Å². The van der Waals surface area contributed by atoms with E-state index in [9.17, 15) is 4.79 Å². The highest BCUT2D eigenvalue weighted by Crippen LogP contribution is 2.14. The molecule has 0 bridgehead atoms. The van der Waals surface area contributed by atoms with E-state index in [2.05, 4.69) is 15.5 Å². The van der Waals surface area contributed by atoms with Crippen molar-refractivity contribution >= 4 is 11.7 Å². The molecular weight excluding hydrogens is 180 g/mol. The van der Waals surface area contributed by atoms with Gasteiger partial charge in [-0.25, -0.2) is 0 Å². The van der Waals surface area contributed by atoms with E-state index in [0.29, 0.717) is 12.4 Å². The average molecular weight is 194 g/mol. The number of primary amides is 1. The van der Waals surface area contributed by atoms with E-state index in [4.69, 9.17) is 5.73 Å². The summed E-state index contributed by atoms with van der Waals surface area (Å²) in [6, 6.07) is 3.55. The van der Waals surface area contributed by atoms with Crippen LogP contribution < -0.4 is 11.1 Å². The standard InChI is InChI=1S/C9H14N4O/c1-9(2,8(10)14)6-11-7-4-3-5-12-13-7/h3-5H,6H2,1-2H3,(H2,10,14)(H,11,13). The maximum absolute atomic E-state index is 11.0. The van der Waals surface area contributed by atoms with Crippen LogP contribution in [-0.4, -0.2) is 22.6 Å². The third-order valence-corrected chi connectivity index (χ3v) is 1.95. The van der Waals surface area contributed by atoms with Crippen molar-refractivity contribution in [3.8, 4) is 0 Å². The van der Waals surface area contributed by atoms with Crippen molar-refractivity contribution in [1.82, 2.24) is 10.2 Å². The fourth-order valence-corrected chi connectivity index (χ4v) is 0.794. The van der Waals surface area contributed by atoms with E-state index < -0.39 is 5.41 Å². The molecule has 0 saturated carbocycles. The first-order valence-electron chi connectivity index (χ1n) is 4.34.